The molecule has 0 radical (unpaired) electrons. The molecule has 3 aromatic carbocycles. The van der Waals surface area contributed by atoms with Crippen LogP contribution in [0.15, 0.2) is 83.3 Å². The first kappa shape index (κ1) is 17.1. The number of rotatable bonds is 5. The molecular weight excluding hydrogens is 354 g/mol. The van der Waals surface area contributed by atoms with Gasteiger partial charge in [-0.05, 0) is 10.8 Å². The molecule has 1 heterocycles. The van der Waals surface area contributed by atoms with Crippen molar-refractivity contribution < 1.29 is 4.79 Å². The summed E-state index contributed by atoms with van der Waals surface area (Å²) in [5.41, 5.74) is 5.50. The Morgan fingerprint density at radius 2 is 1.78 bits per heavy atom. The van der Waals surface area contributed by atoms with Crippen LogP contribution in [0.1, 0.15) is 10.6 Å². The highest BCUT2D eigenvalue weighted by Gasteiger charge is 2.08. The molecule has 1 amide bonds. The van der Waals surface area contributed by atoms with Crippen LogP contribution in [-0.2, 0) is 11.2 Å². The molecule has 0 spiro atoms. The summed E-state index contributed by atoms with van der Waals surface area (Å²) in [5, 5.41) is 9.09. The first-order valence-electron chi connectivity index (χ1n) is 8.59. The number of aromatic nitrogens is 1. The average Bonchev–Trinajstić information content (AvgIpc) is 3.17. The van der Waals surface area contributed by atoms with Crippen molar-refractivity contribution in [2.75, 3.05) is 0 Å². The van der Waals surface area contributed by atoms with Crippen LogP contribution in [0.4, 0.5) is 0 Å². The van der Waals surface area contributed by atoms with Gasteiger partial charge in [0.15, 0.2) is 0 Å². The van der Waals surface area contributed by atoms with Crippen LogP contribution < -0.4 is 5.43 Å². The number of carbonyl (C=O) groups is 1. The molecule has 1 N–H and O–H groups in total. The van der Waals surface area contributed by atoms with Crippen LogP contribution in [0.5, 0.6) is 0 Å². The van der Waals surface area contributed by atoms with E-state index >= 15 is 0 Å². The van der Waals surface area contributed by atoms with Gasteiger partial charge in [-0.1, -0.05) is 72.8 Å². The number of hydrazone groups is 1. The highest BCUT2D eigenvalue weighted by Crippen LogP contribution is 2.21. The van der Waals surface area contributed by atoms with Crippen molar-refractivity contribution in [3.05, 3.63) is 88.7 Å². The third-order valence-electron chi connectivity index (χ3n) is 4.15. The predicted molar refractivity (Wildman–Crippen MR) is 111 cm³/mol. The molecule has 5 heteroatoms. The summed E-state index contributed by atoms with van der Waals surface area (Å²) in [5.74, 6) is -0.180. The summed E-state index contributed by atoms with van der Waals surface area (Å²) < 4.78 is 0. The summed E-state index contributed by atoms with van der Waals surface area (Å²) in [4.78, 5) is 16.7. The molecule has 132 valence electrons. The number of thiazole rings is 1. The SMILES string of the molecule is O=C(Cc1nc(-c2ccccc2)cs1)N/N=C\c1cccc2ccccc12. The van der Waals surface area contributed by atoms with E-state index in [1.165, 1.54) is 11.3 Å². The Hall–Kier alpha value is -3.31. The van der Waals surface area contributed by atoms with Gasteiger partial charge in [-0.3, -0.25) is 4.79 Å². The van der Waals surface area contributed by atoms with E-state index in [1.807, 2.05) is 66.0 Å². The van der Waals surface area contributed by atoms with Gasteiger partial charge in [0.05, 0.1) is 18.3 Å². The second kappa shape index (κ2) is 7.93. The van der Waals surface area contributed by atoms with Gasteiger partial charge >= 0.3 is 0 Å². The molecule has 0 aliphatic carbocycles. The molecule has 0 aliphatic rings. The van der Waals surface area contributed by atoms with Gasteiger partial charge in [0.25, 0.3) is 0 Å². The maximum Gasteiger partial charge on any atom is 0.246 e. The highest BCUT2D eigenvalue weighted by molar-refractivity contribution is 7.10. The van der Waals surface area contributed by atoms with Crippen molar-refractivity contribution in [2.24, 2.45) is 5.10 Å². The van der Waals surface area contributed by atoms with E-state index in [2.05, 4.69) is 27.6 Å². The summed E-state index contributed by atoms with van der Waals surface area (Å²) in [7, 11) is 0. The van der Waals surface area contributed by atoms with Crippen LogP contribution in [0.25, 0.3) is 22.0 Å². The Morgan fingerprint density at radius 1 is 1.00 bits per heavy atom. The van der Waals surface area contributed by atoms with Crippen molar-refractivity contribution in [1.82, 2.24) is 10.4 Å². The van der Waals surface area contributed by atoms with Crippen LogP contribution in [-0.4, -0.2) is 17.1 Å². The predicted octanol–water partition coefficient (Wildman–Crippen LogP) is 4.66. The smallest absolute Gasteiger partial charge is 0.246 e. The monoisotopic (exact) mass is 371 g/mol. The van der Waals surface area contributed by atoms with Crippen molar-refractivity contribution in [1.29, 1.82) is 0 Å². The second-order valence-corrected chi connectivity index (χ2v) is 6.97. The van der Waals surface area contributed by atoms with Crippen molar-refractivity contribution in [2.45, 2.75) is 6.42 Å². The fourth-order valence-electron chi connectivity index (χ4n) is 2.85. The average molecular weight is 371 g/mol. The lowest BCUT2D eigenvalue weighted by Crippen LogP contribution is -2.19. The van der Waals surface area contributed by atoms with Crippen LogP contribution in [0, 0.1) is 0 Å². The number of fused-ring (bicyclic) bond motifs is 1. The van der Waals surface area contributed by atoms with Gasteiger partial charge in [-0.15, -0.1) is 11.3 Å². The molecule has 4 aromatic rings. The maximum atomic E-state index is 12.2. The fraction of sp³-hybridized carbons (Fsp3) is 0.0455. The second-order valence-electron chi connectivity index (χ2n) is 6.03. The molecule has 1 aromatic heterocycles. The van der Waals surface area contributed by atoms with Crippen LogP contribution in [0.3, 0.4) is 0 Å². The van der Waals surface area contributed by atoms with E-state index in [0.29, 0.717) is 0 Å². The number of hydrogen-bond acceptors (Lipinski definition) is 4. The van der Waals surface area contributed by atoms with E-state index in [4.69, 9.17) is 0 Å². The minimum absolute atomic E-state index is 0.180. The quantitative estimate of drug-likeness (QED) is 0.410. The van der Waals surface area contributed by atoms with Crippen molar-refractivity contribution in [3.63, 3.8) is 0 Å². The number of benzene rings is 3. The third-order valence-corrected chi connectivity index (χ3v) is 5.00. The molecule has 0 aliphatic heterocycles. The Kier molecular flexibility index (Phi) is 5.03. The summed E-state index contributed by atoms with van der Waals surface area (Å²) in [6.07, 6.45) is 1.89. The lowest BCUT2D eigenvalue weighted by atomic mass is 10.1. The molecule has 4 rings (SSSR count). The third kappa shape index (κ3) is 4.10. The van der Waals surface area contributed by atoms with E-state index in [0.717, 1.165) is 32.6 Å². The molecule has 0 atom stereocenters. The number of nitrogens with zero attached hydrogens (tertiary/aromatic N) is 2. The molecular formula is C22H17N3OS. The molecule has 27 heavy (non-hydrogen) atoms. The zero-order chi connectivity index (χ0) is 18.5. The molecule has 0 bridgehead atoms. The zero-order valence-electron chi connectivity index (χ0n) is 14.5. The standard InChI is InChI=1S/C22H17N3OS/c26-21(13-22-24-20(15-27-22)17-8-2-1-3-9-17)25-23-14-18-11-6-10-16-7-4-5-12-19(16)18/h1-12,14-15H,13H2,(H,25,26)/b23-14-. The van der Waals surface area contributed by atoms with E-state index in [-0.39, 0.29) is 12.3 Å². The van der Waals surface area contributed by atoms with Crippen LogP contribution in [0.2, 0.25) is 0 Å². The largest absolute Gasteiger partial charge is 0.273 e. The first-order valence-corrected chi connectivity index (χ1v) is 9.47. The van der Waals surface area contributed by atoms with Gasteiger partial charge < -0.3 is 0 Å². The minimum atomic E-state index is -0.180. The van der Waals surface area contributed by atoms with E-state index in [1.54, 1.807) is 6.21 Å². The Labute approximate surface area is 161 Å². The highest BCUT2D eigenvalue weighted by atomic mass is 32.1. The maximum absolute atomic E-state index is 12.2. The number of nitrogens with one attached hydrogen (secondary N) is 1. The molecule has 0 saturated heterocycles. The van der Waals surface area contributed by atoms with Gasteiger partial charge in [0, 0.05) is 16.5 Å². The van der Waals surface area contributed by atoms with Gasteiger partial charge in [-0.2, -0.15) is 5.10 Å². The molecule has 0 saturated carbocycles. The Balaban J connectivity index is 1.40. The zero-order valence-corrected chi connectivity index (χ0v) is 15.3. The normalized spacial score (nSPS) is 11.1. The molecule has 4 nitrogen and oxygen atoms in total. The summed E-state index contributed by atoms with van der Waals surface area (Å²) in [6.45, 7) is 0. The van der Waals surface area contributed by atoms with Gasteiger partial charge in [0.2, 0.25) is 5.91 Å². The lowest BCUT2D eigenvalue weighted by molar-refractivity contribution is -0.120. The summed E-state index contributed by atoms with van der Waals surface area (Å²) >= 11 is 1.48. The minimum Gasteiger partial charge on any atom is -0.273 e. The van der Waals surface area contributed by atoms with Crippen LogP contribution >= 0.6 is 11.3 Å². The van der Waals surface area contributed by atoms with Gasteiger partial charge in [0.1, 0.15) is 5.01 Å². The number of carbonyl (C=O) groups excluding carboxylic acids is 1. The van der Waals surface area contributed by atoms with E-state index in [9.17, 15) is 4.79 Å². The topological polar surface area (TPSA) is 54.4 Å². The van der Waals surface area contributed by atoms with Crippen molar-refractivity contribution >= 4 is 34.2 Å². The van der Waals surface area contributed by atoms with Gasteiger partial charge in [-0.25, -0.2) is 10.4 Å². The van der Waals surface area contributed by atoms with E-state index < -0.39 is 0 Å². The first-order chi connectivity index (χ1) is 13.3. The molecule has 0 fully saturated rings. The fourth-order valence-corrected chi connectivity index (χ4v) is 3.65. The number of hydrogen-bond donors (Lipinski definition) is 1. The van der Waals surface area contributed by atoms with Crippen molar-refractivity contribution in [3.8, 4) is 11.3 Å². The Bertz CT molecular complexity index is 1100. The molecule has 0 unspecified atom stereocenters. The Morgan fingerprint density at radius 3 is 2.67 bits per heavy atom. The summed E-state index contributed by atoms with van der Waals surface area (Å²) in [6, 6.07) is 24.0. The number of amides is 1. The lowest BCUT2D eigenvalue weighted by Gasteiger charge is -2.01.